The van der Waals surface area contributed by atoms with E-state index in [2.05, 4.69) is 11.3 Å². The quantitative estimate of drug-likeness (QED) is 0.299. The average molecular weight is 453 g/mol. The van der Waals surface area contributed by atoms with Crippen LogP contribution in [0.3, 0.4) is 0 Å². The number of ether oxygens (including phenoxy) is 1. The number of carbonyl (C=O) groups excluding carboxylic acids is 2. The zero-order valence-electron chi connectivity index (χ0n) is 17.9. The van der Waals surface area contributed by atoms with E-state index >= 15 is 0 Å². The van der Waals surface area contributed by atoms with Gasteiger partial charge in [-0.2, -0.15) is 0 Å². The van der Waals surface area contributed by atoms with Crippen molar-refractivity contribution >= 4 is 27.5 Å². The zero-order chi connectivity index (χ0) is 23.3. The summed E-state index contributed by atoms with van der Waals surface area (Å²) in [5, 5.41) is 0. The number of nitrogens with zero attached hydrogens (tertiary/aromatic N) is 1. The Balaban J connectivity index is 1.68. The molecule has 0 amide bonds. The van der Waals surface area contributed by atoms with Crippen molar-refractivity contribution in [3.8, 4) is 0 Å². The highest BCUT2D eigenvalue weighted by molar-refractivity contribution is 7.92. The second-order valence-electron chi connectivity index (χ2n) is 7.18. The summed E-state index contributed by atoms with van der Waals surface area (Å²) >= 11 is 0. The van der Waals surface area contributed by atoms with Gasteiger partial charge in [-0.3, -0.25) is 9.52 Å². The van der Waals surface area contributed by atoms with Crippen LogP contribution in [0.4, 0.5) is 5.69 Å². The van der Waals surface area contributed by atoms with Crippen LogP contribution in [-0.2, 0) is 21.3 Å². The molecule has 0 saturated heterocycles. The summed E-state index contributed by atoms with van der Waals surface area (Å²) in [5.74, 6) is -1.04. The number of hydrogen-bond donors (Lipinski definition) is 1. The Kier molecular flexibility index (Phi) is 6.95. The van der Waals surface area contributed by atoms with Crippen LogP contribution in [0.1, 0.15) is 32.1 Å². The Labute approximate surface area is 187 Å². The number of benzene rings is 2. The summed E-state index contributed by atoms with van der Waals surface area (Å²) in [5.41, 5.74) is 2.52. The van der Waals surface area contributed by atoms with E-state index in [1.807, 2.05) is 18.4 Å². The van der Waals surface area contributed by atoms with Gasteiger partial charge in [-0.05, 0) is 50.2 Å². The molecule has 0 fully saturated rings. The van der Waals surface area contributed by atoms with Crippen molar-refractivity contribution in [1.29, 1.82) is 0 Å². The molecule has 1 N–H and O–H groups in total. The van der Waals surface area contributed by atoms with Gasteiger partial charge in [-0.15, -0.1) is 6.58 Å². The number of carbonyl (C=O) groups is 2. The lowest BCUT2D eigenvalue weighted by Crippen LogP contribution is -2.16. The molecule has 0 spiro atoms. The highest BCUT2D eigenvalue weighted by Gasteiger charge is 2.19. The Bertz CT molecular complexity index is 1260. The van der Waals surface area contributed by atoms with Crippen LogP contribution in [0.2, 0.25) is 0 Å². The lowest BCUT2D eigenvalue weighted by Gasteiger charge is -2.10. The molecule has 0 aliphatic rings. The molecule has 0 atom stereocenters. The molecule has 0 radical (unpaired) electrons. The number of anilines is 1. The van der Waals surface area contributed by atoms with Gasteiger partial charge in [0.25, 0.3) is 10.0 Å². The molecule has 32 heavy (non-hydrogen) atoms. The van der Waals surface area contributed by atoms with Crippen molar-refractivity contribution < 1.29 is 22.7 Å². The maximum absolute atomic E-state index is 12.6. The average Bonchev–Trinajstić information content (AvgIpc) is 3.06. The van der Waals surface area contributed by atoms with E-state index in [4.69, 9.17) is 4.74 Å². The molecule has 0 aliphatic heterocycles. The van der Waals surface area contributed by atoms with Crippen LogP contribution >= 0.6 is 0 Å². The molecule has 0 aliphatic carbocycles. The van der Waals surface area contributed by atoms with Crippen LogP contribution < -0.4 is 4.72 Å². The summed E-state index contributed by atoms with van der Waals surface area (Å²) < 4.78 is 34.5. The lowest BCUT2D eigenvalue weighted by molar-refractivity contribution is 0.0474. The van der Waals surface area contributed by atoms with Crippen molar-refractivity contribution in [2.75, 3.05) is 11.3 Å². The number of esters is 1. The van der Waals surface area contributed by atoms with Gasteiger partial charge in [0.2, 0.25) is 5.78 Å². The van der Waals surface area contributed by atoms with Gasteiger partial charge in [0.15, 0.2) is 6.61 Å². The first-order valence-corrected chi connectivity index (χ1v) is 11.4. The van der Waals surface area contributed by atoms with E-state index in [9.17, 15) is 18.0 Å². The molecular weight excluding hydrogens is 428 g/mol. The fourth-order valence-corrected chi connectivity index (χ4v) is 4.38. The Morgan fingerprint density at radius 2 is 1.78 bits per heavy atom. The van der Waals surface area contributed by atoms with E-state index < -0.39 is 22.6 Å². The predicted molar refractivity (Wildman–Crippen MR) is 122 cm³/mol. The van der Waals surface area contributed by atoms with Crippen LogP contribution in [0.25, 0.3) is 0 Å². The number of rotatable bonds is 9. The third-order valence-corrected chi connectivity index (χ3v) is 6.32. The number of allylic oxidation sites excluding steroid dienone is 1. The molecule has 3 aromatic rings. The molecule has 1 aromatic heterocycles. The molecule has 166 valence electrons. The molecule has 3 rings (SSSR count). The summed E-state index contributed by atoms with van der Waals surface area (Å²) in [6, 6.07) is 15.6. The molecule has 8 heteroatoms. The van der Waals surface area contributed by atoms with Gasteiger partial charge in [0.05, 0.1) is 10.5 Å². The number of nitrogens with one attached hydrogen (secondary N) is 1. The van der Waals surface area contributed by atoms with Crippen molar-refractivity contribution in [2.45, 2.75) is 25.3 Å². The Hall–Kier alpha value is -3.65. The molecular formula is C24H24N2O5S. The summed E-state index contributed by atoms with van der Waals surface area (Å²) in [6.45, 7) is 7.59. The predicted octanol–water partition coefficient (Wildman–Crippen LogP) is 4.13. The third-order valence-electron chi connectivity index (χ3n) is 4.92. The second-order valence-corrected chi connectivity index (χ2v) is 8.87. The van der Waals surface area contributed by atoms with Gasteiger partial charge >= 0.3 is 5.97 Å². The number of ketones is 1. The number of Topliss-reactive ketones (excluding diaryl/α,β-unsaturated/α-hetero) is 1. The molecule has 0 bridgehead atoms. The normalized spacial score (nSPS) is 11.1. The molecule has 0 unspecified atom stereocenters. The number of aryl methyl sites for hydroxylation is 1. The number of sulfonamides is 1. The Morgan fingerprint density at radius 1 is 1.06 bits per heavy atom. The summed E-state index contributed by atoms with van der Waals surface area (Å²) in [6.07, 6.45) is 1.74. The number of aromatic nitrogens is 1. The first-order valence-electron chi connectivity index (χ1n) is 9.89. The fourth-order valence-electron chi connectivity index (χ4n) is 3.31. The molecule has 7 nitrogen and oxygen atoms in total. The fraction of sp³-hybridized carbons (Fsp3) is 0.167. The molecule has 1 heterocycles. The maximum Gasteiger partial charge on any atom is 0.338 e. The van der Waals surface area contributed by atoms with Gasteiger partial charge in [-0.1, -0.05) is 30.3 Å². The smallest absolute Gasteiger partial charge is 0.338 e. The van der Waals surface area contributed by atoms with Crippen molar-refractivity contribution in [3.63, 3.8) is 0 Å². The van der Waals surface area contributed by atoms with Crippen LogP contribution in [0, 0.1) is 13.8 Å². The van der Waals surface area contributed by atoms with Gasteiger partial charge in [0.1, 0.15) is 0 Å². The van der Waals surface area contributed by atoms with Gasteiger partial charge in [-0.25, -0.2) is 13.2 Å². The van der Waals surface area contributed by atoms with Crippen LogP contribution in [-0.4, -0.2) is 31.3 Å². The van der Waals surface area contributed by atoms with Gasteiger partial charge < -0.3 is 9.30 Å². The van der Waals surface area contributed by atoms with E-state index in [-0.39, 0.29) is 21.9 Å². The summed E-state index contributed by atoms with van der Waals surface area (Å²) in [4.78, 5) is 25.1. The second kappa shape index (κ2) is 9.65. The summed E-state index contributed by atoms with van der Waals surface area (Å²) in [7, 11) is -3.79. The zero-order valence-corrected chi connectivity index (χ0v) is 18.7. The third kappa shape index (κ3) is 5.15. The minimum absolute atomic E-state index is 0.104. The van der Waals surface area contributed by atoms with Crippen molar-refractivity contribution in [2.24, 2.45) is 0 Å². The first kappa shape index (κ1) is 23.0. The van der Waals surface area contributed by atoms with Gasteiger partial charge in [0, 0.05) is 29.2 Å². The topological polar surface area (TPSA) is 94.5 Å². The van der Waals surface area contributed by atoms with E-state index in [0.29, 0.717) is 12.1 Å². The minimum Gasteiger partial charge on any atom is -0.454 e. The van der Waals surface area contributed by atoms with Crippen LogP contribution in [0.15, 0.2) is 78.2 Å². The van der Waals surface area contributed by atoms with E-state index in [1.54, 1.807) is 30.3 Å². The van der Waals surface area contributed by atoms with Crippen molar-refractivity contribution in [1.82, 2.24) is 4.57 Å². The SMILES string of the molecule is C=CCn1c(C)cc(C(=O)COC(=O)c2cccc(NS(=O)(=O)c3ccccc3)c2)c1C. The van der Waals surface area contributed by atoms with Crippen LogP contribution in [0.5, 0.6) is 0 Å². The Morgan fingerprint density at radius 3 is 2.47 bits per heavy atom. The largest absolute Gasteiger partial charge is 0.454 e. The number of hydrogen-bond acceptors (Lipinski definition) is 5. The van der Waals surface area contributed by atoms with E-state index in [1.165, 1.54) is 36.4 Å². The first-order chi connectivity index (χ1) is 15.2. The highest BCUT2D eigenvalue weighted by Crippen LogP contribution is 2.19. The lowest BCUT2D eigenvalue weighted by atomic mass is 10.1. The molecule has 2 aromatic carbocycles. The minimum atomic E-state index is -3.79. The standard InChI is InChI=1S/C24H24N2O5S/c1-4-13-26-17(2)14-22(18(26)3)23(27)16-31-24(28)19-9-8-10-20(15-19)25-32(29,30)21-11-6-5-7-12-21/h4-12,14-15,25H,1,13,16H2,2-3H3. The molecule has 0 saturated carbocycles. The van der Waals surface area contributed by atoms with Crippen molar-refractivity contribution in [3.05, 3.63) is 95.8 Å². The highest BCUT2D eigenvalue weighted by atomic mass is 32.2. The monoisotopic (exact) mass is 452 g/mol. The maximum atomic E-state index is 12.6. The van der Waals surface area contributed by atoms with E-state index in [0.717, 1.165) is 11.4 Å².